The van der Waals surface area contributed by atoms with Crippen LogP contribution in [0.15, 0.2) is 54.6 Å². The van der Waals surface area contributed by atoms with Gasteiger partial charge in [-0.1, -0.05) is 30.3 Å². The van der Waals surface area contributed by atoms with E-state index < -0.39 is 17.9 Å². The van der Waals surface area contributed by atoms with Gasteiger partial charge in [0.05, 0.1) is 0 Å². The van der Waals surface area contributed by atoms with Crippen molar-refractivity contribution in [3.05, 3.63) is 65.7 Å². The summed E-state index contributed by atoms with van der Waals surface area (Å²) in [6.45, 7) is 0.667. The van der Waals surface area contributed by atoms with Crippen molar-refractivity contribution < 1.29 is 19.5 Å². The number of nitrogens with two attached hydrogens (primary N) is 3. The molecular weight excluding hydrogens is 444 g/mol. The molecule has 0 heterocycles. The number of halogens is 1. The Kier molecular flexibility index (Phi) is 12.0. The maximum Gasteiger partial charge on any atom is 0.326 e. The molecule has 1 atom stereocenters. The van der Waals surface area contributed by atoms with Crippen molar-refractivity contribution in [3.8, 4) is 0 Å². The minimum Gasteiger partial charge on any atom is -0.480 e. The van der Waals surface area contributed by atoms with Crippen LogP contribution < -0.4 is 22.5 Å². The van der Waals surface area contributed by atoms with Gasteiger partial charge in [0.2, 0.25) is 11.8 Å². The van der Waals surface area contributed by atoms with Crippen LogP contribution in [0.1, 0.15) is 41.6 Å². The van der Waals surface area contributed by atoms with E-state index in [9.17, 15) is 19.5 Å². The average molecular weight is 477 g/mol. The molecule has 2 amide bonds. The Balaban J connectivity index is 0.000000417. The molecule has 180 valence electrons. The maximum absolute atomic E-state index is 12.3. The van der Waals surface area contributed by atoms with E-state index in [-0.39, 0.29) is 24.2 Å². The topological polar surface area (TPSA) is 162 Å². The zero-order valence-electron chi connectivity index (χ0n) is 18.5. The van der Waals surface area contributed by atoms with Crippen LogP contribution in [0.2, 0.25) is 0 Å². The molecule has 1 aliphatic carbocycles. The lowest BCUT2D eigenvalue weighted by molar-refractivity contribution is -0.142. The largest absolute Gasteiger partial charge is 0.480 e. The Bertz CT molecular complexity index is 885. The zero-order chi connectivity index (χ0) is 23.5. The van der Waals surface area contributed by atoms with Crippen LogP contribution in [-0.4, -0.2) is 35.5 Å². The van der Waals surface area contributed by atoms with E-state index in [0.29, 0.717) is 30.1 Å². The van der Waals surface area contributed by atoms with Gasteiger partial charge in [-0.25, -0.2) is 4.79 Å². The van der Waals surface area contributed by atoms with Gasteiger partial charge in [-0.05, 0) is 68.0 Å². The van der Waals surface area contributed by atoms with Crippen molar-refractivity contribution >= 4 is 35.9 Å². The summed E-state index contributed by atoms with van der Waals surface area (Å²) in [6, 6.07) is 14.9. The molecule has 1 aliphatic rings. The summed E-state index contributed by atoms with van der Waals surface area (Å²) in [7, 11) is 0. The first-order valence-electron chi connectivity index (χ1n) is 10.7. The highest BCUT2D eigenvalue weighted by Crippen LogP contribution is 2.28. The fraction of sp³-hybridized carbons (Fsp3) is 0.375. The molecule has 1 saturated carbocycles. The molecule has 33 heavy (non-hydrogen) atoms. The number of hydrogen-bond donors (Lipinski definition) is 5. The molecule has 8 N–H and O–H groups in total. The summed E-state index contributed by atoms with van der Waals surface area (Å²) in [5.41, 5.74) is 18.0. The minimum atomic E-state index is -0.993. The van der Waals surface area contributed by atoms with Gasteiger partial charge in [0.1, 0.15) is 6.04 Å². The molecule has 2 aromatic carbocycles. The second-order valence-electron chi connectivity index (χ2n) is 8.03. The van der Waals surface area contributed by atoms with Crippen LogP contribution in [-0.2, 0) is 16.0 Å². The fourth-order valence-corrected chi connectivity index (χ4v) is 3.65. The predicted molar refractivity (Wildman–Crippen MR) is 131 cm³/mol. The van der Waals surface area contributed by atoms with Crippen molar-refractivity contribution in [1.29, 1.82) is 0 Å². The van der Waals surface area contributed by atoms with E-state index >= 15 is 0 Å². The first-order valence-corrected chi connectivity index (χ1v) is 10.7. The molecule has 9 heteroatoms. The van der Waals surface area contributed by atoms with Gasteiger partial charge >= 0.3 is 5.97 Å². The van der Waals surface area contributed by atoms with E-state index in [1.165, 1.54) is 0 Å². The molecule has 0 aliphatic heterocycles. The van der Waals surface area contributed by atoms with Crippen LogP contribution in [0.25, 0.3) is 0 Å². The number of nitrogens with one attached hydrogen (secondary N) is 1. The van der Waals surface area contributed by atoms with E-state index in [2.05, 4.69) is 5.32 Å². The Hall–Kier alpha value is -3.10. The normalized spacial score (nSPS) is 18.0. The highest BCUT2D eigenvalue weighted by molar-refractivity contribution is 5.93. The monoisotopic (exact) mass is 476 g/mol. The van der Waals surface area contributed by atoms with Crippen molar-refractivity contribution in [2.45, 2.75) is 38.1 Å². The van der Waals surface area contributed by atoms with Gasteiger partial charge < -0.3 is 27.6 Å². The number of carboxylic acids is 1. The number of nitrogen functional groups attached to an aromatic ring is 1. The summed E-state index contributed by atoms with van der Waals surface area (Å²) < 4.78 is 0. The van der Waals surface area contributed by atoms with E-state index in [0.717, 1.165) is 31.2 Å². The van der Waals surface area contributed by atoms with Gasteiger partial charge in [-0.3, -0.25) is 9.59 Å². The molecule has 0 saturated heterocycles. The third-order valence-corrected chi connectivity index (χ3v) is 5.64. The van der Waals surface area contributed by atoms with Crippen molar-refractivity contribution in [2.75, 3.05) is 12.3 Å². The first-order chi connectivity index (χ1) is 15.3. The summed E-state index contributed by atoms with van der Waals surface area (Å²) in [6.07, 6.45) is 3.80. The lowest BCUT2D eigenvalue weighted by Gasteiger charge is -2.27. The second-order valence-corrected chi connectivity index (χ2v) is 8.03. The summed E-state index contributed by atoms with van der Waals surface area (Å²) in [5, 5.41) is 12.0. The number of rotatable bonds is 7. The lowest BCUT2D eigenvalue weighted by atomic mass is 9.81. The standard InChI is InChI=1S/C17H24N2O3.C7H8N2O.ClH/c18-11-13-6-8-14(9-7-13)16(20)19-15(17(21)22)10-12-4-2-1-3-5-12;8-6-3-1-5(2-4-6)7(9)10;/h1-5,13-15H,6-11,18H2,(H,19,20)(H,21,22);1-4H,8H2,(H2,9,10);1H/t13-,14-,15-;;/m0../s1. The molecule has 0 radical (unpaired) electrons. The Morgan fingerprint density at radius 1 is 0.970 bits per heavy atom. The first kappa shape index (κ1) is 27.9. The van der Waals surface area contributed by atoms with Gasteiger partial charge in [0.15, 0.2) is 0 Å². The number of primary amides is 1. The number of carboxylic acid groups (broad SMARTS) is 1. The molecule has 0 spiro atoms. The SMILES string of the molecule is Cl.NC(=O)c1ccc(N)cc1.NC[C@H]1CC[C@H](C(=O)N[C@@H](Cc2ccccc2)C(=O)O)CC1. The summed E-state index contributed by atoms with van der Waals surface area (Å²) >= 11 is 0. The Morgan fingerprint density at radius 3 is 2.03 bits per heavy atom. The lowest BCUT2D eigenvalue weighted by Crippen LogP contribution is -2.45. The molecule has 0 aromatic heterocycles. The van der Waals surface area contributed by atoms with Gasteiger partial charge in [-0.15, -0.1) is 12.4 Å². The van der Waals surface area contributed by atoms with Crippen LogP contribution in [0.4, 0.5) is 5.69 Å². The second kappa shape index (κ2) is 14.1. The van der Waals surface area contributed by atoms with Gasteiger partial charge in [0.25, 0.3) is 0 Å². The predicted octanol–water partition coefficient (Wildman–Crippen LogP) is 2.35. The third kappa shape index (κ3) is 9.51. The minimum absolute atomic E-state index is 0. The van der Waals surface area contributed by atoms with Crippen molar-refractivity contribution in [3.63, 3.8) is 0 Å². The molecule has 0 unspecified atom stereocenters. The molecular formula is C24H33ClN4O4. The number of aliphatic carboxylic acids is 1. The molecule has 1 fully saturated rings. The number of amides is 2. The maximum atomic E-state index is 12.3. The van der Waals surface area contributed by atoms with Gasteiger partial charge in [-0.2, -0.15) is 0 Å². The average Bonchev–Trinajstić information content (AvgIpc) is 2.80. The van der Waals surface area contributed by atoms with E-state index in [1.807, 2.05) is 30.3 Å². The number of carbonyl (C=O) groups excluding carboxylic acids is 2. The summed E-state index contributed by atoms with van der Waals surface area (Å²) in [4.78, 5) is 34.2. The number of benzene rings is 2. The number of carbonyl (C=O) groups is 3. The van der Waals surface area contributed by atoms with Crippen molar-refractivity contribution in [2.24, 2.45) is 23.3 Å². The quantitative estimate of drug-likeness (QED) is 0.385. The third-order valence-electron chi connectivity index (χ3n) is 5.64. The molecule has 0 bridgehead atoms. The van der Waals surface area contributed by atoms with Crippen LogP contribution >= 0.6 is 12.4 Å². The van der Waals surface area contributed by atoms with E-state index in [4.69, 9.17) is 17.2 Å². The van der Waals surface area contributed by atoms with Crippen LogP contribution in [0, 0.1) is 11.8 Å². The highest BCUT2D eigenvalue weighted by atomic mass is 35.5. The number of hydrogen-bond acceptors (Lipinski definition) is 5. The van der Waals surface area contributed by atoms with Crippen LogP contribution in [0.5, 0.6) is 0 Å². The van der Waals surface area contributed by atoms with Crippen molar-refractivity contribution in [1.82, 2.24) is 5.32 Å². The van der Waals surface area contributed by atoms with Crippen LogP contribution in [0.3, 0.4) is 0 Å². The fourth-order valence-electron chi connectivity index (χ4n) is 3.65. The Morgan fingerprint density at radius 2 is 1.55 bits per heavy atom. The molecule has 8 nitrogen and oxygen atoms in total. The van der Waals surface area contributed by atoms with Gasteiger partial charge in [0, 0.05) is 23.6 Å². The molecule has 2 aromatic rings. The Labute approximate surface area is 200 Å². The molecule has 3 rings (SSSR count). The number of anilines is 1. The smallest absolute Gasteiger partial charge is 0.326 e. The summed E-state index contributed by atoms with van der Waals surface area (Å²) in [5.74, 6) is -1.14. The van der Waals surface area contributed by atoms with E-state index in [1.54, 1.807) is 24.3 Å². The zero-order valence-corrected chi connectivity index (χ0v) is 19.3. The highest BCUT2D eigenvalue weighted by Gasteiger charge is 2.29.